The van der Waals surface area contributed by atoms with Gasteiger partial charge in [0.15, 0.2) is 5.75 Å². The van der Waals surface area contributed by atoms with Crippen LogP contribution in [0.5, 0.6) is 11.5 Å². The van der Waals surface area contributed by atoms with Gasteiger partial charge >= 0.3 is 0 Å². The Kier molecular flexibility index (Phi) is 3.61. The van der Waals surface area contributed by atoms with Crippen molar-refractivity contribution in [2.45, 2.75) is 13.8 Å². The monoisotopic (exact) mass is 274 g/mol. The highest BCUT2D eigenvalue weighted by atomic mass is 19.1. The molecule has 0 aliphatic heterocycles. The number of carbonyl (C=O) groups is 1. The largest absolute Gasteiger partial charge is 0.455 e. The molecule has 0 aliphatic rings. The van der Waals surface area contributed by atoms with E-state index in [9.17, 15) is 9.18 Å². The molecule has 5 heteroatoms. The van der Waals surface area contributed by atoms with Gasteiger partial charge in [-0.3, -0.25) is 4.79 Å². The molecular weight excluding hydrogens is 259 g/mol. The number of ether oxygens (including phenoxy) is 1. The Morgan fingerprint density at radius 3 is 2.25 bits per heavy atom. The molecule has 104 valence electrons. The molecule has 0 unspecified atom stereocenters. The van der Waals surface area contributed by atoms with Gasteiger partial charge in [0.05, 0.1) is 5.69 Å². The van der Waals surface area contributed by atoms with Crippen molar-refractivity contribution in [3.05, 3.63) is 52.8 Å². The van der Waals surface area contributed by atoms with E-state index < -0.39 is 11.7 Å². The van der Waals surface area contributed by atoms with Crippen LogP contribution in [0.3, 0.4) is 0 Å². The van der Waals surface area contributed by atoms with Crippen LogP contribution in [0.2, 0.25) is 0 Å². The van der Waals surface area contributed by atoms with Gasteiger partial charge in [-0.25, -0.2) is 4.39 Å². The minimum atomic E-state index is -0.496. The fourth-order valence-electron chi connectivity index (χ4n) is 1.98. The first-order valence-corrected chi connectivity index (χ1v) is 6.02. The van der Waals surface area contributed by atoms with E-state index in [0.29, 0.717) is 17.1 Å². The van der Waals surface area contributed by atoms with Gasteiger partial charge in [0.25, 0.3) is 0 Å². The van der Waals surface area contributed by atoms with E-state index in [-0.39, 0.29) is 5.69 Å². The van der Waals surface area contributed by atoms with E-state index in [0.717, 1.165) is 11.1 Å². The maximum atomic E-state index is 13.0. The summed E-state index contributed by atoms with van der Waals surface area (Å²) in [5, 5.41) is 0. The number of nitrogens with two attached hydrogens (primary N) is 2. The Bertz CT molecular complexity index is 661. The van der Waals surface area contributed by atoms with Gasteiger partial charge in [0.1, 0.15) is 11.6 Å². The quantitative estimate of drug-likeness (QED) is 0.845. The van der Waals surface area contributed by atoms with Gasteiger partial charge in [-0.1, -0.05) is 0 Å². The molecule has 0 radical (unpaired) electrons. The Labute approximate surface area is 116 Å². The molecule has 0 bridgehead atoms. The molecule has 0 heterocycles. The predicted molar refractivity (Wildman–Crippen MR) is 75.3 cm³/mol. The van der Waals surface area contributed by atoms with Crippen LogP contribution in [-0.2, 0) is 0 Å². The van der Waals surface area contributed by atoms with Crippen molar-refractivity contribution in [3.8, 4) is 11.5 Å². The SMILES string of the molecule is Cc1cc(C(N)=O)cc(C)c1Oc1ccc(F)cc1N. The maximum absolute atomic E-state index is 13.0. The molecule has 0 aromatic heterocycles. The van der Waals surface area contributed by atoms with Crippen LogP contribution >= 0.6 is 0 Å². The third kappa shape index (κ3) is 2.71. The van der Waals surface area contributed by atoms with Crippen molar-refractivity contribution < 1.29 is 13.9 Å². The first kappa shape index (κ1) is 13.9. The normalized spacial score (nSPS) is 10.3. The molecule has 0 saturated carbocycles. The summed E-state index contributed by atoms with van der Waals surface area (Å²) in [6.07, 6.45) is 0. The lowest BCUT2D eigenvalue weighted by atomic mass is 10.1. The van der Waals surface area contributed by atoms with Crippen molar-refractivity contribution >= 4 is 11.6 Å². The summed E-state index contributed by atoms with van der Waals surface area (Å²) in [6.45, 7) is 3.60. The van der Waals surface area contributed by atoms with E-state index in [4.69, 9.17) is 16.2 Å². The number of primary amides is 1. The maximum Gasteiger partial charge on any atom is 0.248 e. The van der Waals surface area contributed by atoms with Gasteiger partial charge in [-0.2, -0.15) is 0 Å². The molecule has 2 aromatic carbocycles. The summed E-state index contributed by atoms with van der Waals surface area (Å²) in [4.78, 5) is 11.2. The zero-order valence-electron chi connectivity index (χ0n) is 11.2. The highest BCUT2D eigenvalue weighted by Gasteiger charge is 2.12. The number of nitrogen functional groups attached to an aromatic ring is 1. The van der Waals surface area contributed by atoms with Gasteiger partial charge in [0.2, 0.25) is 5.91 Å². The number of halogens is 1. The Morgan fingerprint density at radius 1 is 1.15 bits per heavy atom. The lowest BCUT2D eigenvalue weighted by Gasteiger charge is -2.14. The first-order valence-electron chi connectivity index (χ1n) is 6.02. The second-order valence-corrected chi connectivity index (χ2v) is 4.59. The highest BCUT2D eigenvalue weighted by Crippen LogP contribution is 2.33. The number of anilines is 1. The number of carbonyl (C=O) groups excluding carboxylic acids is 1. The number of rotatable bonds is 3. The molecule has 0 saturated heterocycles. The van der Waals surface area contributed by atoms with Crippen molar-refractivity contribution in [2.24, 2.45) is 5.73 Å². The van der Waals surface area contributed by atoms with Gasteiger partial charge in [-0.05, 0) is 49.2 Å². The third-order valence-electron chi connectivity index (χ3n) is 2.93. The highest BCUT2D eigenvalue weighted by molar-refractivity contribution is 5.93. The summed E-state index contributed by atoms with van der Waals surface area (Å²) in [7, 11) is 0. The molecule has 4 nitrogen and oxygen atoms in total. The van der Waals surface area contributed by atoms with E-state index in [1.165, 1.54) is 18.2 Å². The van der Waals surface area contributed by atoms with Gasteiger partial charge in [0, 0.05) is 11.6 Å². The molecule has 0 aliphatic carbocycles. The number of hydrogen-bond acceptors (Lipinski definition) is 3. The van der Waals surface area contributed by atoms with Gasteiger partial charge in [-0.15, -0.1) is 0 Å². The lowest BCUT2D eigenvalue weighted by molar-refractivity contribution is 0.1000. The average molecular weight is 274 g/mol. The summed E-state index contributed by atoms with van der Waals surface area (Å²) >= 11 is 0. The molecule has 4 N–H and O–H groups in total. The van der Waals surface area contributed by atoms with Crippen LogP contribution in [0.1, 0.15) is 21.5 Å². The van der Waals surface area contributed by atoms with Crippen molar-refractivity contribution in [3.63, 3.8) is 0 Å². The second kappa shape index (κ2) is 5.21. The van der Waals surface area contributed by atoms with Crippen LogP contribution in [0, 0.1) is 19.7 Å². The second-order valence-electron chi connectivity index (χ2n) is 4.59. The fourth-order valence-corrected chi connectivity index (χ4v) is 1.98. The van der Waals surface area contributed by atoms with Crippen molar-refractivity contribution in [2.75, 3.05) is 5.73 Å². The van der Waals surface area contributed by atoms with Crippen molar-refractivity contribution in [1.29, 1.82) is 0 Å². The van der Waals surface area contributed by atoms with E-state index in [1.807, 2.05) is 0 Å². The molecule has 2 rings (SSSR count). The smallest absolute Gasteiger partial charge is 0.248 e. The molecule has 0 fully saturated rings. The number of amides is 1. The number of hydrogen-bond donors (Lipinski definition) is 2. The number of aryl methyl sites for hydroxylation is 2. The molecule has 2 aromatic rings. The van der Waals surface area contributed by atoms with Crippen LogP contribution < -0.4 is 16.2 Å². The summed E-state index contributed by atoms with van der Waals surface area (Å²) in [5.41, 5.74) is 13.1. The molecular formula is C15H15FN2O2. The summed E-state index contributed by atoms with van der Waals surface area (Å²) in [6, 6.07) is 7.21. The van der Waals surface area contributed by atoms with E-state index in [2.05, 4.69) is 0 Å². The van der Waals surface area contributed by atoms with Crippen LogP contribution in [0.4, 0.5) is 10.1 Å². The third-order valence-corrected chi connectivity index (χ3v) is 2.93. The lowest BCUT2D eigenvalue weighted by Crippen LogP contribution is -2.11. The Morgan fingerprint density at radius 2 is 1.75 bits per heavy atom. The van der Waals surface area contributed by atoms with Crippen LogP contribution in [-0.4, -0.2) is 5.91 Å². The van der Waals surface area contributed by atoms with Crippen LogP contribution in [0.15, 0.2) is 30.3 Å². The average Bonchev–Trinajstić information content (AvgIpc) is 2.35. The van der Waals surface area contributed by atoms with E-state index >= 15 is 0 Å². The fraction of sp³-hybridized carbons (Fsp3) is 0.133. The Hall–Kier alpha value is -2.56. The van der Waals surface area contributed by atoms with Crippen molar-refractivity contribution in [1.82, 2.24) is 0 Å². The summed E-state index contributed by atoms with van der Waals surface area (Å²) in [5.74, 6) is 0.0224. The van der Waals surface area contributed by atoms with Gasteiger partial charge < -0.3 is 16.2 Å². The first-order chi connectivity index (χ1) is 9.38. The Balaban J connectivity index is 2.41. The predicted octanol–water partition coefficient (Wildman–Crippen LogP) is 2.92. The molecule has 0 spiro atoms. The number of benzene rings is 2. The zero-order valence-corrected chi connectivity index (χ0v) is 11.2. The summed E-state index contributed by atoms with van der Waals surface area (Å²) < 4.78 is 18.7. The standard InChI is InChI=1S/C15H15FN2O2/c1-8-5-10(15(18)19)6-9(2)14(8)20-13-4-3-11(16)7-12(13)17/h3-7H,17H2,1-2H3,(H2,18,19). The molecule has 20 heavy (non-hydrogen) atoms. The molecule has 1 amide bonds. The topological polar surface area (TPSA) is 78.3 Å². The van der Waals surface area contributed by atoms with Crippen LogP contribution in [0.25, 0.3) is 0 Å². The molecule has 0 atom stereocenters. The zero-order chi connectivity index (χ0) is 14.9. The minimum Gasteiger partial charge on any atom is -0.455 e. The minimum absolute atomic E-state index is 0.211. The van der Waals surface area contributed by atoms with E-state index in [1.54, 1.807) is 26.0 Å².